The molecule has 2 rings (SSSR count). The summed E-state index contributed by atoms with van der Waals surface area (Å²) in [6, 6.07) is 12.9. The highest BCUT2D eigenvalue weighted by molar-refractivity contribution is 5.95. The van der Waals surface area contributed by atoms with Gasteiger partial charge >= 0.3 is 5.97 Å². The van der Waals surface area contributed by atoms with Gasteiger partial charge in [0.15, 0.2) is 0 Å². The third kappa shape index (κ3) is 6.76. The molecule has 0 aliphatic carbocycles. The van der Waals surface area contributed by atoms with E-state index in [2.05, 4.69) is 11.4 Å². The molecule has 0 heterocycles. The molecule has 0 unspecified atom stereocenters. The van der Waals surface area contributed by atoms with Crippen LogP contribution in [0.1, 0.15) is 40.9 Å². The lowest BCUT2D eigenvalue weighted by Gasteiger charge is -2.09. The summed E-state index contributed by atoms with van der Waals surface area (Å²) >= 11 is 0. The predicted octanol–water partition coefficient (Wildman–Crippen LogP) is 4.23. The van der Waals surface area contributed by atoms with Crippen molar-refractivity contribution in [3.63, 3.8) is 0 Å². The first-order valence-corrected chi connectivity index (χ1v) is 8.97. The van der Waals surface area contributed by atoms with E-state index in [-0.39, 0.29) is 5.91 Å². The van der Waals surface area contributed by atoms with Gasteiger partial charge in [-0.25, -0.2) is 4.79 Å². The number of hydrogen-bond acceptors (Lipinski definition) is 3. The summed E-state index contributed by atoms with van der Waals surface area (Å²) in [5, 5.41) is 11.8. The Kier molecular flexibility index (Phi) is 7.57. The van der Waals surface area contributed by atoms with Crippen LogP contribution in [-0.2, 0) is 17.8 Å². The summed E-state index contributed by atoms with van der Waals surface area (Å²) in [6.07, 6.45) is 5.31. The number of carboxylic acids is 1. The lowest BCUT2D eigenvalue weighted by Crippen LogP contribution is -2.23. The van der Waals surface area contributed by atoms with Gasteiger partial charge in [-0.2, -0.15) is 0 Å². The maximum absolute atomic E-state index is 12.6. The van der Waals surface area contributed by atoms with E-state index < -0.39 is 5.97 Å². The van der Waals surface area contributed by atoms with Crippen LogP contribution < -0.4 is 10.1 Å². The molecule has 2 aromatic carbocycles. The number of amides is 1. The number of carboxylic acid groups (broad SMARTS) is 1. The van der Waals surface area contributed by atoms with Crippen molar-refractivity contribution in [3.8, 4) is 5.75 Å². The lowest BCUT2D eigenvalue weighted by atomic mass is 10.0. The van der Waals surface area contributed by atoms with Gasteiger partial charge in [-0.1, -0.05) is 29.8 Å². The van der Waals surface area contributed by atoms with Crippen molar-refractivity contribution in [1.29, 1.82) is 0 Å². The van der Waals surface area contributed by atoms with E-state index in [1.807, 2.05) is 50.2 Å². The summed E-state index contributed by atoms with van der Waals surface area (Å²) < 4.78 is 5.13. The Balaban J connectivity index is 2.18. The highest BCUT2D eigenvalue weighted by Crippen LogP contribution is 2.15. The molecule has 0 bridgehead atoms. The average molecular weight is 379 g/mol. The molecule has 146 valence electrons. The second kappa shape index (κ2) is 10.1. The minimum atomic E-state index is -1.03. The van der Waals surface area contributed by atoms with Crippen LogP contribution in [0.4, 0.5) is 0 Å². The summed E-state index contributed by atoms with van der Waals surface area (Å²) in [6.45, 7) is 4.41. The first-order valence-electron chi connectivity index (χ1n) is 8.97. The molecule has 0 fully saturated rings. The molecule has 0 saturated heterocycles. The van der Waals surface area contributed by atoms with Crippen molar-refractivity contribution in [2.45, 2.75) is 26.8 Å². The third-order valence-corrected chi connectivity index (χ3v) is 4.05. The van der Waals surface area contributed by atoms with E-state index in [1.54, 1.807) is 13.2 Å². The summed E-state index contributed by atoms with van der Waals surface area (Å²) in [4.78, 5) is 23.4. The molecular weight excluding hydrogens is 354 g/mol. The average Bonchev–Trinajstić information content (AvgIpc) is 2.69. The fourth-order valence-electron chi connectivity index (χ4n) is 2.58. The Morgan fingerprint density at radius 2 is 1.79 bits per heavy atom. The molecule has 2 N–H and O–H groups in total. The number of aliphatic carboxylic acids is 1. The molecule has 5 nitrogen and oxygen atoms in total. The number of nitrogens with one attached hydrogen (secondary N) is 1. The third-order valence-electron chi connectivity index (χ3n) is 4.05. The molecule has 0 atom stereocenters. The minimum absolute atomic E-state index is 0.208. The van der Waals surface area contributed by atoms with Crippen molar-refractivity contribution in [2.75, 3.05) is 7.11 Å². The summed E-state index contributed by atoms with van der Waals surface area (Å²) in [5.41, 5.74) is 4.26. The molecule has 0 aliphatic heterocycles. The molecule has 28 heavy (non-hydrogen) atoms. The number of benzene rings is 2. The van der Waals surface area contributed by atoms with E-state index in [0.717, 1.165) is 23.0 Å². The van der Waals surface area contributed by atoms with Gasteiger partial charge in [0.05, 0.1) is 7.11 Å². The van der Waals surface area contributed by atoms with E-state index in [9.17, 15) is 9.59 Å². The Bertz CT molecular complexity index is 891. The van der Waals surface area contributed by atoms with Gasteiger partial charge in [-0.05, 0) is 67.3 Å². The van der Waals surface area contributed by atoms with Crippen molar-refractivity contribution >= 4 is 18.0 Å². The monoisotopic (exact) mass is 379 g/mol. The molecule has 5 heteroatoms. The van der Waals surface area contributed by atoms with Crippen LogP contribution in [-0.4, -0.2) is 24.1 Å². The van der Waals surface area contributed by atoms with Gasteiger partial charge < -0.3 is 15.2 Å². The van der Waals surface area contributed by atoms with Crippen LogP contribution in [0.5, 0.6) is 5.75 Å². The Morgan fingerprint density at radius 3 is 2.39 bits per heavy atom. The van der Waals surface area contributed by atoms with Crippen LogP contribution in [0.3, 0.4) is 0 Å². The lowest BCUT2D eigenvalue weighted by molar-refractivity contribution is -0.131. The smallest absolute Gasteiger partial charge is 0.328 e. The van der Waals surface area contributed by atoms with E-state index in [4.69, 9.17) is 9.84 Å². The van der Waals surface area contributed by atoms with Crippen molar-refractivity contribution in [1.82, 2.24) is 5.32 Å². The predicted molar refractivity (Wildman–Crippen MR) is 110 cm³/mol. The Hall–Kier alpha value is -3.34. The molecule has 2 aromatic rings. The topological polar surface area (TPSA) is 75.6 Å². The second-order valence-electron chi connectivity index (χ2n) is 6.65. The van der Waals surface area contributed by atoms with Crippen LogP contribution in [0, 0.1) is 0 Å². The van der Waals surface area contributed by atoms with Crippen LogP contribution >= 0.6 is 0 Å². The van der Waals surface area contributed by atoms with E-state index >= 15 is 0 Å². The van der Waals surface area contributed by atoms with E-state index in [1.165, 1.54) is 11.6 Å². The summed E-state index contributed by atoms with van der Waals surface area (Å²) in [5.74, 6) is -0.475. The standard InChI is InChI=1S/C23H25NO4/c1-16(2)4-5-18-12-19(8-11-22(25)26)14-20(13-18)23(27)24-15-17-6-9-21(28-3)10-7-17/h4,6-14H,5,15H2,1-3H3,(H,24,27)(H,25,26)/b11-8+. The maximum Gasteiger partial charge on any atom is 0.328 e. The van der Waals surface area contributed by atoms with Gasteiger partial charge in [0.2, 0.25) is 0 Å². The van der Waals surface area contributed by atoms with Gasteiger partial charge in [-0.3, -0.25) is 4.79 Å². The van der Waals surface area contributed by atoms with Gasteiger partial charge in [0.1, 0.15) is 5.75 Å². The highest BCUT2D eigenvalue weighted by Gasteiger charge is 2.08. The number of carbonyl (C=O) groups excluding carboxylic acids is 1. The molecule has 1 amide bonds. The van der Waals surface area contributed by atoms with Crippen LogP contribution in [0.25, 0.3) is 6.08 Å². The molecule has 0 saturated carbocycles. The van der Waals surface area contributed by atoms with Gasteiger partial charge in [-0.15, -0.1) is 0 Å². The van der Waals surface area contributed by atoms with Crippen LogP contribution in [0.2, 0.25) is 0 Å². The fraction of sp³-hybridized carbons (Fsp3) is 0.217. The zero-order chi connectivity index (χ0) is 20.5. The minimum Gasteiger partial charge on any atom is -0.497 e. The molecule has 0 aliphatic rings. The second-order valence-corrected chi connectivity index (χ2v) is 6.65. The maximum atomic E-state index is 12.6. The molecule has 0 spiro atoms. The zero-order valence-corrected chi connectivity index (χ0v) is 16.4. The first kappa shape index (κ1) is 21.0. The number of allylic oxidation sites excluding steroid dienone is 2. The number of rotatable bonds is 8. The first-order chi connectivity index (χ1) is 13.4. The van der Waals surface area contributed by atoms with Gasteiger partial charge in [0.25, 0.3) is 5.91 Å². The largest absolute Gasteiger partial charge is 0.497 e. The van der Waals surface area contributed by atoms with Crippen molar-refractivity contribution in [3.05, 3.63) is 82.4 Å². The summed E-state index contributed by atoms with van der Waals surface area (Å²) in [7, 11) is 1.61. The quantitative estimate of drug-likeness (QED) is 0.532. The Labute approximate surface area is 165 Å². The van der Waals surface area contributed by atoms with Crippen LogP contribution in [0.15, 0.2) is 60.2 Å². The number of carbonyl (C=O) groups is 2. The molecular formula is C23H25NO4. The van der Waals surface area contributed by atoms with Crippen molar-refractivity contribution in [2.24, 2.45) is 0 Å². The van der Waals surface area contributed by atoms with Gasteiger partial charge in [0, 0.05) is 18.2 Å². The number of methoxy groups -OCH3 is 1. The number of hydrogen-bond donors (Lipinski definition) is 2. The fourth-order valence-corrected chi connectivity index (χ4v) is 2.58. The van der Waals surface area contributed by atoms with E-state index in [0.29, 0.717) is 24.1 Å². The Morgan fingerprint density at radius 1 is 1.07 bits per heavy atom. The van der Waals surface area contributed by atoms with Crippen molar-refractivity contribution < 1.29 is 19.4 Å². The highest BCUT2D eigenvalue weighted by atomic mass is 16.5. The molecule has 0 radical (unpaired) electrons. The SMILES string of the molecule is COc1ccc(CNC(=O)c2cc(/C=C/C(=O)O)cc(CC=C(C)C)c2)cc1. The normalized spacial score (nSPS) is 10.5. The zero-order valence-electron chi connectivity index (χ0n) is 16.4. The number of ether oxygens (including phenoxy) is 1. The molecule has 0 aromatic heterocycles.